The van der Waals surface area contributed by atoms with Gasteiger partial charge in [-0.25, -0.2) is 4.98 Å². The van der Waals surface area contributed by atoms with Crippen molar-refractivity contribution in [2.45, 2.75) is 32.1 Å². The number of piperidine rings is 1. The average Bonchev–Trinajstić information content (AvgIpc) is 2.69. The average molecular weight is 355 g/mol. The first-order chi connectivity index (χ1) is 12.7. The van der Waals surface area contributed by atoms with Crippen molar-refractivity contribution in [3.05, 3.63) is 42.2 Å². The van der Waals surface area contributed by atoms with Gasteiger partial charge in [-0.2, -0.15) is 0 Å². The number of carbonyl (C=O) groups excluding carboxylic acids is 1. The van der Waals surface area contributed by atoms with Gasteiger partial charge < -0.3 is 14.8 Å². The maximum Gasteiger partial charge on any atom is 0.316 e. The van der Waals surface area contributed by atoms with E-state index < -0.39 is 5.41 Å². The minimum absolute atomic E-state index is 0.160. The molecule has 0 bridgehead atoms. The highest BCUT2D eigenvalue weighted by atomic mass is 16.5. The lowest BCUT2D eigenvalue weighted by atomic mass is 9.73. The summed E-state index contributed by atoms with van der Waals surface area (Å²) in [5.41, 5.74) is 1.91. The summed E-state index contributed by atoms with van der Waals surface area (Å²) in [6, 6.07) is 7.71. The number of hydrogen-bond donors (Lipinski definition) is 1. The second kappa shape index (κ2) is 8.27. The van der Waals surface area contributed by atoms with Gasteiger partial charge in [0.05, 0.1) is 29.9 Å². The Hall–Kier alpha value is -2.47. The number of ether oxygens (including phenoxy) is 2. The van der Waals surface area contributed by atoms with Crippen molar-refractivity contribution in [3.63, 3.8) is 0 Å². The molecule has 0 saturated carbocycles. The quantitative estimate of drug-likeness (QED) is 0.803. The lowest BCUT2D eigenvalue weighted by Crippen LogP contribution is -2.46. The molecule has 0 radical (unpaired) electrons. The Morgan fingerprint density at radius 1 is 1.15 bits per heavy atom. The number of nitrogens with one attached hydrogen (secondary N) is 1. The van der Waals surface area contributed by atoms with Gasteiger partial charge in [-0.15, -0.1) is 0 Å². The second-order valence-electron chi connectivity index (χ2n) is 6.27. The number of aromatic nitrogens is 2. The molecule has 2 aromatic heterocycles. The van der Waals surface area contributed by atoms with E-state index in [1.807, 2.05) is 38.1 Å². The first kappa shape index (κ1) is 18.3. The van der Waals surface area contributed by atoms with Crippen LogP contribution in [0, 0.1) is 0 Å². The third-order valence-electron chi connectivity index (χ3n) is 4.77. The predicted octanol–water partition coefficient (Wildman–Crippen LogP) is 2.73. The first-order valence-corrected chi connectivity index (χ1v) is 9.14. The zero-order valence-corrected chi connectivity index (χ0v) is 15.3. The summed E-state index contributed by atoms with van der Waals surface area (Å²) in [6.45, 7) is 6.27. The molecule has 0 unspecified atom stereocenters. The standard InChI is InChI=1S/C20H25N3O3/c1-3-25-18-16(6-5-11-22-18)17-8-7-15(14-23-17)20(19(24)26-4-2)9-12-21-13-10-20/h5-8,11,14,21H,3-4,9-10,12-13H2,1-2H3. The zero-order chi connectivity index (χ0) is 18.4. The molecule has 138 valence electrons. The predicted molar refractivity (Wildman–Crippen MR) is 99.1 cm³/mol. The van der Waals surface area contributed by atoms with Crippen molar-refractivity contribution in [2.24, 2.45) is 0 Å². The maximum absolute atomic E-state index is 12.7. The molecule has 0 aromatic carbocycles. The van der Waals surface area contributed by atoms with Crippen LogP contribution in [-0.4, -0.2) is 42.2 Å². The summed E-state index contributed by atoms with van der Waals surface area (Å²) in [5.74, 6) is 0.407. The highest BCUT2D eigenvalue weighted by Crippen LogP contribution is 2.36. The fourth-order valence-electron chi connectivity index (χ4n) is 3.41. The van der Waals surface area contributed by atoms with Crippen LogP contribution >= 0.6 is 0 Å². The van der Waals surface area contributed by atoms with E-state index in [0.29, 0.717) is 31.9 Å². The van der Waals surface area contributed by atoms with Gasteiger partial charge in [0, 0.05) is 12.4 Å². The summed E-state index contributed by atoms with van der Waals surface area (Å²) in [5, 5.41) is 3.31. The van der Waals surface area contributed by atoms with E-state index in [-0.39, 0.29) is 5.97 Å². The Labute approximate surface area is 154 Å². The number of esters is 1. The molecule has 3 rings (SSSR count). The van der Waals surface area contributed by atoms with E-state index in [1.54, 1.807) is 12.4 Å². The van der Waals surface area contributed by atoms with Crippen LogP contribution < -0.4 is 10.1 Å². The molecule has 1 aliphatic heterocycles. The van der Waals surface area contributed by atoms with Crippen LogP contribution in [0.15, 0.2) is 36.7 Å². The molecule has 0 amide bonds. The van der Waals surface area contributed by atoms with Crippen molar-refractivity contribution in [3.8, 4) is 17.1 Å². The van der Waals surface area contributed by atoms with Crippen LogP contribution in [-0.2, 0) is 14.9 Å². The van der Waals surface area contributed by atoms with Crippen LogP contribution in [0.2, 0.25) is 0 Å². The molecule has 6 heteroatoms. The molecule has 2 aromatic rings. The van der Waals surface area contributed by atoms with Crippen LogP contribution in [0.1, 0.15) is 32.3 Å². The summed E-state index contributed by atoms with van der Waals surface area (Å²) < 4.78 is 11.0. The van der Waals surface area contributed by atoms with Gasteiger partial charge in [0.1, 0.15) is 0 Å². The number of carbonyl (C=O) groups is 1. The van der Waals surface area contributed by atoms with Crippen LogP contribution in [0.3, 0.4) is 0 Å². The second-order valence-corrected chi connectivity index (χ2v) is 6.27. The van der Waals surface area contributed by atoms with Gasteiger partial charge in [0.2, 0.25) is 5.88 Å². The van der Waals surface area contributed by atoms with E-state index in [0.717, 1.165) is 29.9 Å². The number of nitrogens with zero attached hydrogens (tertiary/aromatic N) is 2. The zero-order valence-electron chi connectivity index (χ0n) is 15.3. The van der Waals surface area contributed by atoms with E-state index >= 15 is 0 Å². The van der Waals surface area contributed by atoms with E-state index in [1.165, 1.54) is 0 Å². The molecular formula is C20H25N3O3. The van der Waals surface area contributed by atoms with Crippen molar-refractivity contribution in [1.29, 1.82) is 0 Å². The Kier molecular flexibility index (Phi) is 5.83. The van der Waals surface area contributed by atoms with Gasteiger partial charge in [-0.05, 0) is 63.5 Å². The molecular weight excluding hydrogens is 330 g/mol. The highest BCUT2D eigenvalue weighted by molar-refractivity contribution is 5.83. The molecule has 0 aliphatic carbocycles. The summed E-state index contributed by atoms with van der Waals surface area (Å²) >= 11 is 0. The van der Waals surface area contributed by atoms with Crippen LogP contribution in [0.25, 0.3) is 11.3 Å². The normalized spacial score (nSPS) is 16.1. The fraction of sp³-hybridized carbons (Fsp3) is 0.450. The SMILES string of the molecule is CCOC(=O)C1(c2ccc(-c3cccnc3OCC)nc2)CCNCC1. The van der Waals surface area contributed by atoms with Crippen molar-refractivity contribution < 1.29 is 14.3 Å². The third kappa shape index (κ3) is 3.55. The molecule has 0 spiro atoms. The minimum Gasteiger partial charge on any atom is -0.477 e. The van der Waals surface area contributed by atoms with Gasteiger partial charge >= 0.3 is 5.97 Å². The highest BCUT2D eigenvalue weighted by Gasteiger charge is 2.42. The maximum atomic E-state index is 12.7. The van der Waals surface area contributed by atoms with Gasteiger partial charge in [-0.1, -0.05) is 6.07 Å². The largest absolute Gasteiger partial charge is 0.477 e. The van der Waals surface area contributed by atoms with Crippen molar-refractivity contribution >= 4 is 5.97 Å². The Morgan fingerprint density at radius 2 is 1.96 bits per heavy atom. The molecule has 1 aliphatic rings. The van der Waals surface area contributed by atoms with Crippen LogP contribution in [0.5, 0.6) is 5.88 Å². The van der Waals surface area contributed by atoms with Crippen molar-refractivity contribution in [1.82, 2.24) is 15.3 Å². The number of pyridine rings is 2. The summed E-state index contributed by atoms with van der Waals surface area (Å²) in [7, 11) is 0. The Morgan fingerprint density at radius 3 is 2.62 bits per heavy atom. The fourth-order valence-corrected chi connectivity index (χ4v) is 3.41. The van der Waals surface area contributed by atoms with Gasteiger partial charge in [0.15, 0.2) is 0 Å². The smallest absolute Gasteiger partial charge is 0.316 e. The lowest BCUT2D eigenvalue weighted by molar-refractivity contribution is -0.151. The molecule has 1 N–H and O–H groups in total. The number of rotatable bonds is 6. The first-order valence-electron chi connectivity index (χ1n) is 9.14. The summed E-state index contributed by atoms with van der Waals surface area (Å²) in [4.78, 5) is 21.6. The Bertz CT molecular complexity index is 740. The van der Waals surface area contributed by atoms with E-state index in [2.05, 4.69) is 15.3 Å². The van der Waals surface area contributed by atoms with E-state index in [4.69, 9.17) is 9.47 Å². The molecule has 1 saturated heterocycles. The minimum atomic E-state index is -0.621. The Balaban J connectivity index is 1.94. The molecule has 26 heavy (non-hydrogen) atoms. The van der Waals surface area contributed by atoms with Crippen molar-refractivity contribution in [2.75, 3.05) is 26.3 Å². The van der Waals surface area contributed by atoms with Crippen LogP contribution in [0.4, 0.5) is 0 Å². The molecule has 6 nitrogen and oxygen atoms in total. The lowest BCUT2D eigenvalue weighted by Gasteiger charge is -2.35. The molecule has 3 heterocycles. The monoisotopic (exact) mass is 355 g/mol. The molecule has 0 atom stereocenters. The third-order valence-corrected chi connectivity index (χ3v) is 4.77. The molecule has 1 fully saturated rings. The summed E-state index contributed by atoms with van der Waals surface area (Å²) in [6.07, 6.45) is 4.92. The topological polar surface area (TPSA) is 73.3 Å². The van der Waals surface area contributed by atoms with Gasteiger partial charge in [0.25, 0.3) is 0 Å². The van der Waals surface area contributed by atoms with E-state index in [9.17, 15) is 4.79 Å². The number of hydrogen-bond acceptors (Lipinski definition) is 6. The van der Waals surface area contributed by atoms with Gasteiger partial charge in [-0.3, -0.25) is 9.78 Å².